The van der Waals surface area contributed by atoms with E-state index >= 15 is 0 Å². The average Bonchev–Trinajstić information content (AvgIpc) is 2.96. The molecule has 124 valence electrons. The van der Waals surface area contributed by atoms with Gasteiger partial charge in [0.05, 0.1) is 11.0 Å². The maximum atomic E-state index is 12.2. The van der Waals surface area contributed by atoms with E-state index in [-0.39, 0.29) is 30.3 Å². The Morgan fingerprint density at radius 1 is 1.45 bits per heavy atom. The summed E-state index contributed by atoms with van der Waals surface area (Å²) in [5, 5.41) is 2.99. The van der Waals surface area contributed by atoms with Crippen LogP contribution in [-0.2, 0) is 4.79 Å². The number of nitrogens with one attached hydrogen (secondary N) is 1. The molecule has 0 radical (unpaired) electrons. The third-order valence-corrected chi connectivity index (χ3v) is 4.68. The van der Waals surface area contributed by atoms with Crippen LogP contribution in [0.2, 0.25) is 0 Å². The summed E-state index contributed by atoms with van der Waals surface area (Å²) in [6.07, 6.45) is 3.04. The summed E-state index contributed by atoms with van der Waals surface area (Å²) in [5.74, 6) is 1.32. The lowest BCUT2D eigenvalue weighted by molar-refractivity contribution is -0.126. The molecule has 1 amide bonds. The molecule has 1 unspecified atom stereocenters. The van der Waals surface area contributed by atoms with Gasteiger partial charge in [0.15, 0.2) is 0 Å². The number of nitrogens with two attached hydrogens (primary N) is 1. The summed E-state index contributed by atoms with van der Waals surface area (Å²) in [7, 11) is 0. The van der Waals surface area contributed by atoms with Gasteiger partial charge in [-0.2, -0.15) is 0 Å². The molecular formula is C16H24BrClN2O2. The number of hydrogen-bond donors (Lipinski definition) is 2. The highest BCUT2D eigenvalue weighted by Gasteiger charge is 2.31. The third kappa shape index (κ3) is 5.14. The van der Waals surface area contributed by atoms with Crippen molar-refractivity contribution in [2.75, 3.05) is 13.1 Å². The Morgan fingerprint density at radius 3 is 2.86 bits per heavy atom. The van der Waals surface area contributed by atoms with Crippen LogP contribution in [0.4, 0.5) is 0 Å². The maximum Gasteiger partial charge on any atom is 0.223 e. The highest BCUT2D eigenvalue weighted by Crippen LogP contribution is 2.31. The smallest absolute Gasteiger partial charge is 0.223 e. The van der Waals surface area contributed by atoms with Gasteiger partial charge in [-0.05, 0) is 60.3 Å². The molecule has 3 N–H and O–H groups in total. The summed E-state index contributed by atoms with van der Waals surface area (Å²) in [4.78, 5) is 12.2. The van der Waals surface area contributed by atoms with E-state index in [1.54, 1.807) is 0 Å². The van der Waals surface area contributed by atoms with E-state index in [0.29, 0.717) is 19.0 Å². The molecule has 1 aromatic carbocycles. The van der Waals surface area contributed by atoms with E-state index < -0.39 is 0 Å². The first-order chi connectivity index (χ1) is 10.1. The zero-order chi connectivity index (χ0) is 15.2. The van der Waals surface area contributed by atoms with E-state index in [9.17, 15) is 4.79 Å². The number of halogens is 2. The van der Waals surface area contributed by atoms with Crippen LogP contribution in [0.1, 0.15) is 26.2 Å². The Kier molecular flexibility index (Phi) is 8.21. The molecular weight excluding hydrogens is 368 g/mol. The molecule has 22 heavy (non-hydrogen) atoms. The van der Waals surface area contributed by atoms with Crippen molar-refractivity contribution in [3.63, 3.8) is 0 Å². The number of para-hydroxylation sites is 1. The minimum absolute atomic E-state index is 0. The van der Waals surface area contributed by atoms with Crippen LogP contribution in [0.5, 0.6) is 5.75 Å². The minimum atomic E-state index is -0.0784. The van der Waals surface area contributed by atoms with Crippen molar-refractivity contribution >= 4 is 34.2 Å². The number of ether oxygens (including phenoxy) is 1. The van der Waals surface area contributed by atoms with Crippen LogP contribution < -0.4 is 15.8 Å². The molecule has 1 saturated carbocycles. The van der Waals surface area contributed by atoms with Gasteiger partial charge in [-0.3, -0.25) is 4.79 Å². The van der Waals surface area contributed by atoms with Crippen LogP contribution in [-0.4, -0.2) is 25.1 Å². The van der Waals surface area contributed by atoms with E-state index in [1.165, 1.54) is 0 Å². The van der Waals surface area contributed by atoms with Gasteiger partial charge in [0.1, 0.15) is 11.9 Å². The second-order valence-corrected chi connectivity index (χ2v) is 6.49. The zero-order valence-electron chi connectivity index (χ0n) is 12.8. The van der Waals surface area contributed by atoms with Gasteiger partial charge in [0, 0.05) is 5.92 Å². The number of hydrogen-bond acceptors (Lipinski definition) is 3. The number of carbonyl (C=O) groups excluding carboxylic acids is 1. The molecule has 1 fully saturated rings. The molecule has 6 heteroatoms. The average molecular weight is 392 g/mol. The standard InChI is InChI=1S/C16H23BrN2O2.ClH/c1-11(21-15-8-3-2-7-14(15)17)10-19-16(20)13-6-4-5-12(13)9-18;/h2-3,7-8,11-13H,4-6,9-10,18H2,1H3,(H,19,20);1H/t11?,12-,13-;/m1./s1. The lowest BCUT2D eigenvalue weighted by Crippen LogP contribution is -2.39. The number of carbonyl (C=O) groups is 1. The predicted molar refractivity (Wildman–Crippen MR) is 94.4 cm³/mol. The van der Waals surface area contributed by atoms with Crippen molar-refractivity contribution in [1.82, 2.24) is 5.32 Å². The molecule has 0 aliphatic heterocycles. The molecule has 4 nitrogen and oxygen atoms in total. The summed E-state index contributed by atoms with van der Waals surface area (Å²) < 4.78 is 6.74. The highest BCUT2D eigenvalue weighted by molar-refractivity contribution is 9.10. The number of rotatable bonds is 6. The topological polar surface area (TPSA) is 64.4 Å². The van der Waals surface area contributed by atoms with Crippen LogP contribution in [0.25, 0.3) is 0 Å². The van der Waals surface area contributed by atoms with E-state index in [2.05, 4.69) is 21.2 Å². The van der Waals surface area contributed by atoms with Gasteiger partial charge >= 0.3 is 0 Å². The van der Waals surface area contributed by atoms with Crippen LogP contribution in [0.15, 0.2) is 28.7 Å². The first-order valence-corrected chi connectivity index (χ1v) is 8.30. The van der Waals surface area contributed by atoms with E-state index in [4.69, 9.17) is 10.5 Å². The molecule has 2 rings (SSSR count). The Bertz CT molecular complexity index is 487. The fraction of sp³-hybridized carbons (Fsp3) is 0.562. The minimum Gasteiger partial charge on any atom is -0.488 e. The number of benzene rings is 1. The van der Waals surface area contributed by atoms with Crippen LogP contribution in [0, 0.1) is 11.8 Å². The zero-order valence-corrected chi connectivity index (χ0v) is 15.2. The molecule has 0 heterocycles. The van der Waals surface area contributed by atoms with Gasteiger partial charge in [0.25, 0.3) is 0 Å². The summed E-state index contributed by atoms with van der Waals surface area (Å²) in [6, 6.07) is 7.71. The predicted octanol–water partition coefficient (Wildman–Crippen LogP) is 3.13. The molecule has 0 spiro atoms. The highest BCUT2D eigenvalue weighted by atomic mass is 79.9. The Hall–Kier alpha value is -0.780. The molecule has 1 aliphatic rings. The Balaban J connectivity index is 0.00000242. The van der Waals surface area contributed by atoms with Crippen molar-refractivity contribution in [2.24, 2.45) is 17.6 Å². The maximum absolute atomic E-state index is 12.2. The lowest BCUT2D eigenvalue weighted by Gasteiger charge is -2.20. The molecule has 1 aliphatic carbocycles. The molecule has 3 atom stereocenters. The van der Waals surface area contributed by atoms with Crippen LogP contribution >= 0.6 is 28.3 Å². The molecule has 0 bridgehead atoms. The van der Waals surface area contributed by atoms with Gasteiger partial charge in [-0.1, -0.05) is 18.6 Å². The first-order valence-electron chi connectivity index (χ1n) is 7.50. The monoisotopic (exact) mass is 390 g/mol. The quantitative estimate of drug-likeness (QED) is 0.783. The van der Waals surface area contributed by atoms with Crippen molar-refractivity contribution in [1.29, 1.82) is 0 Å². The van der Waals surface area contributed by atoms with Gasteiger partial charge < -0.3 is 15.8 Å². The molecule has 1 aromatic rings. The molecule has 0 aromatic heterocycles. The van der Waals surface area contributed by atoms with E-state index in [1.807, 2.05) is 31.2 Å². The van der Waals surface area contributed by atoms with Gasteiger partial charge in [-0.15, -0.1) is 12.4 Å². The van der Waals surface area contributed by atoms with E-state index in [0.717, 1.165) is 29.5 Å². The fourth-order valence-corrected chi connectivity index (χ4v) is 3.22. The second kappa shape index (κ2) is 9.38. The van der Waals surface area contributed by atoms with Gasteiger partial charge in [-0.25, -0.2) is 0 Å². The summed E-state index contributed by atoms with van der Waals surface area (Å²) in [6.45, 7) is 3.06. The third-order valence-electron chi connectivity index (χ3n) is 4.03. The van der Waals surface area contributed by atoms with Crippen LogP contribution in [0.3, 0.4) is 0 Å². The normalized spacial score (nSPS) is 21.8. The number of amides is 1. The van der Waals surface area contributed by atoms with Crippen molar-refractivity contribution < 1.29 is 9.53 Å². The Morgan fingerprint density at radius 2 is 2.18 bits per heavy atom. The Labute approximate surface area is 146 Å². The molecule has 0 saturated heterocycles. The first kappa shape index (κ1) is 19.3. The second-order valence-electron chi connectivity index (χ2n) is 5.64. The SMILES string of the molecule is CC(CNC(=O)[C@@H]1CCC[C@@H]1CN)Oc1ccccc1Br.Cl. The van der Waals surface area contributed by atoms with Crippen molar-refractivity contribution in [3.05, 3.63) is 28.7 Å². The lowest BCUT2D eigenvalue weighted by atomic mass is 9.95. The summed E-state index contributed by atoms with van der Waals surface area (Å²) in [5.41, 5.74) is 5.73. The largest absolute Gasteiger partial charge is 0.488 e. The van der Waals surface area contributed by atoms with Gasteiger partial charge in [0.2, 0.25) is 5.91 Å². The summed E-state index contributed by atoms with van der Waals surface area (Å²) >= 11 is 3.45. The fourth-order valence-electron chi connectivity index (χ4n) is 2.84. The van der Waals surface area contributed by atoms with Crippen molar-refractivity contribution in [3.8, 4) is 5.75 Å². The van der Waals surface area contributed by atoms with Crippen molar-refractivity contribution in [2.45, 2.75) is 32.3 Å².